The topological polar surface area (TPSA) is 129 Å². The summed E-state index contributed by atoms with van der Waals surface area (Å²) in [4.78, 5) is 35.5. The highest BCUT2D eigenvalue weighted by Gasteiger charge is 2.27. The van der Waals surface area contributed by atoms with E-state index in [0.717, 1.165) is 0 Å². The molecule has 0 saturated carbocycles. The molecule has 0 fully saturated rings. The third-order valence-electron chi connectivity index (χ3n) is 5.04. The van der Waals surface area contributed by atoms with Gasteiger partial charge in [0.05, 0.1) is 0 Å². The van der Waals surface area contributed by atoms with Gasteiger partial charge in [-0.15, -0.1) is 0 Å². The van der Waals surface area contributed by atoms with Gasteiger partial charge in [-0.05, 0) is 41.5 Å². The lowest BCUT2D eigenvalue weighted by molar-refractivity contribution is -0.131. The summed E-state index contributed by atoms with van der Waals surface area (Å²) in [5.41, 5.74) is 4.61. The van der Waals surface area contributed by atoms with Crippen LogP contribution in [0.3, 0.4) is 0 Å². The zero-order valence-corrected chi connectivity index (χ0v) is 17.0. The molecule has 0 aromatic carbocycles. The summed E-state index contributed by atoms with van der Waals surface area (Å²) in [7, 11) is 0. The first-order chi connectivity index (χ1) is 12.0. The van der Waals surface area contributed by atoms with E-state index in [0.29, 0.717) is 32.7 Å². The Hall–Kier alpha value is -1.45. The predicted octanol–water partition coefficient (Wildman–Crippen LogP) is 1.21. The van der Waals surface area contributed by atoms with Crippen LogP contribution in [0.1, 0.15) is 48.0 Å². The van der Waals surface area contributed by atoms with Crippen molar-refractivity contribution in [2.45, 2.75) is 71.1 Å². The first-order valence-electron chi connectivity index (χ1n) is 9.14. The van der Waals surface area contributed by atoms with Crippen molar-refractivity contribution in [2.24, 2.45) is 16.1 Å². The predicted molar refractivity (Wildman–Crippen MR) is 105 cm³/mol. The number of nitrogens with two attached hydrogens (primary N) is 1. The average Bonchev–Trinajstić information content (AvgIpc) is 2.58. The van der Waals surface area contributed by atoms with Crippen LogP contribution in [0.15, 0.2) is 10.4 Å². The van der Waals surface area contributed by atoms with Gasteiger partial charge in [-0.3, -0.25) is 4.79 Å². The van der Waals surface area contributed by atoms with Crippen LogP contribution in [0.25, 0.3) is 0 Å². The van der Waals surface area contributed by atoms with Crippen molar-refractivity contribution in [1.29, 1.82) is 0 Å². The summed E-state index contributed by atoms with van der Waals surface area (Å²) < 4.78 is 0. The first-order valence-corrected chi connectivity index (χ1v) is 9.14. The zero-order valence-electron chi connectivity index (χ0n) is 17.0. The van der Waals surface area contributed by atoms with Crippen molar-refractivity contribution in [3.8, 4) is 0 Å². The molecule has 0 radical (unpaired) electrons. The molecule has 4 N–H and O–H groups in total. The molecular weight excluding hydrogens is 336 g/mol. The average molecular weight is 373 g/mol. The Bertz CT molecular complexity index is 424. The molecule has 0 aromatic heterocycles. The molecule has 0 aromatic rings. The molecule has 0 saturated heterocycles. The Morgan fingerprint density at radius 2 is 1.35 bits per heavy atom. The largest absolute Gasteiger partial charge is 0.340 e. The number of hydrogen-bond donors (Lipinski definition) is 3. The number of nitrogens with one attached hydrogen (secondary N) is 2. The minimum atomic E-state index is -0.449. The maximum Gasteiger partial charge on any atom is 0.223 e. The summed E-state index contributed by atoms with van der Waals surface area (Å²) in [6.07, 6.45) is 0.283. The second kappa shape index (κ2) is 11.3. The fourth-order valence-corrected chi connectivity index (χ4v) is 2.23. The van der Waals surface area contributed by atoms with Gasteiger partial charge in [-0.25, -0.2) is 0 Å². The van der Waals surface area contributed by atoms with Crippen LogP contribution < -0.4 is 16.4 Å². The van der Waals surface area contributed by atoms with Crippen LogP contribution in [0.4, 0.5) is 0 Å². The van der Waals surface area contributed by atoms with Crippen LogP contribution >= 0.6 is 0 Å². The highest BCUT2D eigenvalue weighted by molar-refractivity contribution is 5.76. The van der Waals surface area contributed by atoms with Gasteiger partial charge in [0.2, 0.25) is 5.91 Å². The van der Waals surface area contributed by atoms with Crippen molar-refractivity contribution >= 4 is 5.91 Å². The minimum absolute atomic E-state index is 0.0187. The van der Waals surface area contributed by atoms with Crippen molar-refractivity contribution < 1.29 is 4.79 Å². The molecule has 0 rings (SSSR count). The van der Waals surface area contributed by atoms with Gasteiger partial charge in [0.15, 0.2) is 0 Å². The Kier molecular flexibility index (Phi) is 10.7. The third kappa shape index (κ3) is 8.29. The van der Waals surface area contributed by atoms with Gasteiger partial charge in [-0.1, -0.05) is 10.4 Å². The molecule has 152 valence electrons. The van der Waals surface area contributed by atoms with E-state index in [4.69, 9.17) is 5.73 Å². The molecule has 2 unspecified atom stereocenters. The molecule has 9 nitrogen and oxygen atoms in total. The van der Waals surface area contributed by atoms with E-state index in [1.807, 2.05) is 27.7 Å². The number of carbonyl (C=O) groups is 1. The molecule has 0 aliphatic heterocycles. The normalized spacial score (nSPS) is 14.6. The maximum absolute atomic E-state index is 12.3. The number of hydrogen-bond acceptors (Lipinski definition) is 8. The molecule has 26 heavy (non-hydrogen) atoms. The zero-order chi connectivity index (χ0) is 20.4. The fraction of sp³-hybridized carbons (Fsp3) is 0.941. The van der Waals surface area contributed by atoms with Crippen molar-refractivity contribution in [1.82, 2.24) is 15.5 Å². The standard InChI is InChI=1S/C17H36N6O3/c1-13(21-25)16(3,4)19-9-11-23(15(24)7-8-18)12-10-20-17(5,6)14(2)22-26/h13-14,19-20H,7-12,18H2,1-6H3. The first kappa shape index (κ1) is 24.6. The molecule has 0 heterocycles. The molecule has 2 atom stereocenters. The minimum Gasteiger partial charge on any atom is -0.340 e. The summed E-state index contributed by atoms with van der Waals surface area (Å²) in [5.74, 6) is -0.0187. The summed E-state index contributed by atoms with van der Waals surface area (Å²) in [6.45, 7) is 13.5. The molecule has 0 aliphatic carbocycles. The van der Waals surface area contributed by atoms with Crippen LogP contribution in [0, 0.1) is 9.81 Å². The van der Waals surface area contributed by atoms with Crippen molar-refractivity contribution in [3.63, 3.8) is 0 Å². The number of amides is 1. The highest BCUT2D eigenvalue weighted by atomic mass is 16.3. The Morgan fingerprint density at radius 3 is 1.65 bits per heavy atom. The number of nitrogens with zero attached hydrogens (tertiary/aromatic N) is 3. The summed E-state index contributed by atoms with van der Waals surface area (Å²) >= 11 is 0. The van der Waals surface area contributed by atoms with E-state index in [9.17, 15) is 14.6 Å². The van der Waals surface area contributed by atoms with Crippen LogP contribution in [0.2, 0.25) is 0 Å². The Labute approximate surface area is 156 Å². The molecule has 0 bridgehead atoms. The van der Waals surface area contributed by atoms with Gasteiger partial charge in [0.25, 0.3) is 0 Å². The molecule has 0 spiro atoms. The second-order valence-electron chi connectivity index (χ2n) is 7.78. The van der Waals surface area contributed by atoms with Gasteiger partial charge < -0.3 is 21.3 Å². The molecule has 9 heteroatoms. The van der Waals surface area contributed by atoms with Gasteiger partial charge >= 0.3 is 0 Å². The van der Waals surface area contributed by atoms with Gasteiger partial charge in [0.1, 0.15) is 12.1 Å². The Morgan fingerprint density at radius 1 is 0.962 bits per heavy atom. The van der Waals surface area contributed by atoms with E-state index >= 15 is 0 Å². The lowest BCUT2D eigenvalue weighted by atomic mass is 9.97. The summed E-state index contributed by atoms with van der Waals surface area (Å²) in [5, 5.41) is 12.7. The SMILES string of the molecule is CC(N=O)C(C)(C)NCCN(CCNC(C)(C)C(C)N=O)C(=O)CCN. The van der Waals surface area contributed by atoms with Crippen LogP contribution in [0.5, 0.6) is 0 Å². The Balaban J connectivity index is 4.66. The molecule has 1 amide bonds. The fourth-order valence-electron chi connectivity index (χ4n) is 2.23. The molecule has 0 aliphatic rings. The maximum atomic E-state index is 12.3. The second-order valence-corrected chi connectivity index (χ2v) is 7.78. The quantitative estimate of drug-likeness (QED) is 0.393. The van der Waals surface area contributed by atoms with Crippen molar-refractivity contribution in [2.75, 3.05) is 32.7 Å². The van der Waals surface area contributed by atoms with Crippen molar-refractivity contribution in [3.05, 3.63) is 9.81 Å². The monoisotopic (exact) mass is 372 g/mol. The van der Waals surface area contributed by atoms with Crippen LogP contribution in [-0.2, 0) is 4.79 Å². The van der Waals surface area contributed by atoms with E-state index in [2.05, 4.69) is 21.0 Å². The number of nitroso groups, excluding NO2 is 2. The van der Waals surface area contributed by atoms with Gasteiger partial charge in [-0.2, -0.15) is 9.81 Å². The smallest absolute Gasteiger partial charge is 0.223 e. The van der Waals surface area contributed by atoms with E-state index in [-0.39, 0.29) is 24.4 Å². The number of carbonyl (C=O) groups excluding carboxylic acids is 1. The van der Waals surface area contributed by atoms with Gasteiger partial charge in [0, 0.05) is 50.2 Å². The van der Waals surface area contributed by atoms with Crippen LogP contribution in [-0.4, -0.2) is 66.7 Å². The van der Waals surface area contributed by atoms with E-state index in [1.165, 1.54) is 0 Å². The van der Waals surface area contributed by atoms with E-state index < -0.39 is 11.1 Å². The highest BCUT2D eigenvalue weighted by Crippen LogP contribution is 2.12. The molecular formula is C17H36N6O3. The number of rotatable bonds is 14. The lowest BCUT2D eigenvalue weighted by Crippen LogP contribution is -2.52. The summed E-state index contributed by atoms with van der Waals surface area (Å²) in [6, 6.07) is -0.758. The lowest BCUT2D eigenvalue weighted by Gasteiger charge is -2.32. The van der Waals surface area contributed by atoms with E-state index in [1.54, 1.807) is 18.7 Å². The third-order valence-corrected chi connectivity index (χ3v) is 5.04.